The maximum atomic E-state index is 12.8. The van der Waals surface area contributed by atoms with Gasteiger partial charge in [-0.15, -0.1) is 11.3 Å². The molecule has 4 rings (SSSR count). The van der Waals surface area contributed by atoms with Gasteiger partial charge in [-0.3, -0.25) is 9.78 Å². The zero-order valence-corrected chi connectivity index (χ0v) is 12.7. The predicted octanol–water partition coefficient (Wildman–Crippen LogP) is 4.50. The van der Waals surface area contributed by atoms with Crippen molar-refractivity contribution in [2.45, 2.75) is 9.46 Å². The molecule has 0 aliphatic carbocycles. The lowest BCUT2D eigenvalue weighted by Crippen LogP contribution is -2.11. The van der Waals surface area contributed by atoms with Gasteiger partial charge in [0.25, 0.3) is 0 Å². The highest BCUT2D eigenvalue weighted by molar-refractivity contribution is 8.77. The summed E-state index contributed by atoms with van der Waals surface area (Å²) in [5.74, 6) is 0. The van der Waals surface area contributed by atoms with Crippen LogP contribution in [0.15, 0.2) is 57.7 Å². The topological polar surface area (TPSA) is 30.0 Å². The predicted molar refractivity (Wildman–Crippen MR) is 87.6 cm³/mol. The second kappa shape index (κ2) is 4.91. The summed E-state index contributed by atoms with van der Waals surface area (Å²) in [4.78, 5) is 17.2. The van der Waals surface area contributed by atoms with Crippen molar-refractivity contribution in [3.63, 3.8) is 0 Å². The molecule has 0 bridgehead atoms. The van der Waals surface area contributed by atoms with E-state index in [4.69, 9.17) is 0 Å². The Morgan fingerprint density at radius 3 is 2.75 bits per heavy atom. The third-order valence-electron chi connectivity index (χ3n) is 3.24. The van der Waals surface area contributed by atoms with Crippen LogP contribution >= 0.6 is 32.9 Å². The van der Waals surface area contributed by atoms with E-state index < -0.39 is 0 Å². The lowest BCUT2D eigenvalue weighted by molar-refractivity contribution is 1.04. The minimum Gasteiger partial charge on any atom is -0.289 e. The first-order valence-corrected chi connectivity index (χ1v) is 9.17. The van der Waals surface area contributed by atoms with Crippen molar-refractivity contribution in [3.05, 3.63) is 70.1 Å². The number of hydrogen-bond donors (Lipinski definition) is 0. The van der Waals surface area contributed by atoms with E-state index in [1.54, 1.807) is 39.1 Å². The summed E-state index contributed by atoms with van der Waals surface area (Å²) in [6.07, 6.45) is 1.79. The molecule has 3 aromatic rings. The van der Waals surface area contributed by atoms with E-state index in [2.05, 4.69) is 4.98 Å². The molecular formula is C15H9NOS3. The highest BCUT2D eigenvalue weighted by Gasteiger charge is 2.31. The first kappa shape index (κ1) is 12.4. The van der Waals surface area contributed by atoms with Gasteiger partial charge >= 0.3 is 0 Å². The van der Waals surface area contributed by atoms with Crippen LogP contribution in [0.3, 0.4) is 0 Å². The normalized spacial score (nSPS) is 17.3. The summed E-state index contributed by atoms with van der Waals surface area (Å²) < 4.78 is 2.18. The highest BCUT2D eigenvalue weighted by Crippen LogP contribution is 2.56. The Balaban J connectivity index is 1.98. The molecule has 1 aromatic carbocycles. The van der Waals surface area contributed by atoms with E-state index in [9.17, 15) is 4.79 Å². The summed E-state index contributed by atoms with van der Waals surface area (Å²) in [7, 11) is 3.41. The van der Waals surface area contributed by atoms with Crippen LogP contribution in [0, 0.1) is 0 Å². The van der Waals surface area contributed by atoms with E-state index in [0.717, 1.165) is 25.6 Å². The second-order valence-electron chi connectivity index (χ2n) is 4.44. The third kappa shape index (κ3) is 1.89. The fraction of sp³-hybridized carbons (Fsp3) is 0.0667. The van der Waals surface area contributed by atoms with Crippen LogP contribution in [-0.2, 0) is 0 Å². The first-order valence-electron chi connectivity index (χ1n) is 6.14. The quantitative estimate of drug-likeness (QED) is 0.619. The van der Waals surface area contributed by atoms with Crippen LogP contribution in [0.4, 0.5) is 0 Å². The SMILES string of the molecule is O=c1c2c(sc3ccccc13)SSC2c1ccccn1. The van der Waals surface area contributed by atoms with Crippen LogP contribution < -0.4 is 5.43 Å². The van der Waals surface area contributed by atoms with Crippen LogP contribution in [0.1, 0.15) is 16.5 Å². The molecule has 0 radical (unpaired) electrons. The Hall–Kier alpha value is -1.30. The fourth-order valence-electron chi connectivity index (χ4n) is 2.29. The Labute approximate surface area is 127 Å². The van der Waals surface area contributed by atoms with Gasteiger partial charge in [0.15, 0.2) is 5.43 Å². The molecule has 98 valence electrons. The minimum absolute atomic E-state index is 0.0459. The number of benzene rings is 1. The van der Waals surface area contributed by atoms with Crippen LogP contribution in [0.5, 0.6) is 0 Å². The molecule has 1 aliphatic rings. The molecule has 0 N–H and O–H groups in total. The molecule has 20 heavy (non-hydrogen) atoms. The van der Waals surface area contributed by atoms with Gasteiger partial charge in [0.2, 0.25) is 0 Å². The maximum Gasteiger partial charge on any atom is 0.193 e. The standard InChI is InChI=1S/C15H9NOS3/c17-13-9-5-1-2-7-11(9)18-15-12(13)14(19-20-15)10-6-3-4-8-16-10/h1-8,14H. The van der Waals surface area contributed by atoms with E-state index in [0.29, 0.717) is 0 Å². The van der Waals surface area contributed by atoms with E-state index in [1.165, 1.54) is 0 Å². The number of pyridine rings is 1. The van der Waals surface area contributed by atoms with Crippen LogP contribution in [0.25, 0.3) is 10.1 Å². The number of rotatable bonds is 1. The molecule has 0 amide bonds. The molecule has 2 aromatic heterocycles. The minimum atomic E-state index is 0.0459. The number of fused-ring (bicyclic) bond motifs is 2. The molecule has 1 aliphatic heterocycles. The molecule has 0 spiro atoms. The van der Waals surface area contributed by atoms with Crippen molar-refractivity contribution in [1.29, 1.82) is 0 Å². The summed E-state index contributed by atoms with van der Waals surface area (Å²) in [5, 5.41) is 0.866. The summed E-state index contributed by atoms with van der Waals surface area (Å²) in [6, 6.07) is 13.7. The average molecular weight is 315 g/mol. The van der Waals surface area contributed by atoms with Gasteiger partial charge < -0.3 is 0 Å². The van der Waals surface area contributed by atoms with E-state index in [1.807, 2.05) is 42.5 Å². The summed E-state index contributed by atoms with van der Waals surface area (Å²) in [6.45, 7) is 0. The zero-order valence-electron chi connectivity index (χ0n) is 10.3. The number of nitrogens with zero attached hydrogens (tertiary/aromatic N) is 1. The van der Waals surface area contributed by atoms with Gasteiger partial charge in [0, 0.05) is 21.8 Å². The van der Waals surface area contributed by atoms with Crippen molar-refractivity contribution in [2.75, 3.05) is 0 Å². The number of aromatic nitrogens is 1. The van der Waals surface area contributed by atoms with Gasteiger partial charge in [-0.2, -0.15) is 0 Å². The lowest BCUT2D eigenvalue weighted by atomic mass is 10.1. The number of hydrogen-bond acceptors (Lipinski definition) is 5. The second-order valence-corrected chi connectivity index (χ2v) is 8.07. The van der Waals surface area contributed by atoms with Crippen molar-refractivity contribution < 1.29 is 0 Å². The molecule has 5 heteroatoms. The Morgan fingerprint density at radius 2 is 1.90 bits per heavy atom. The Morgan fingerprint density at radius 1 is 1.05 bits per heavy atom. The van der Waals surface area contributed by atoms with Gasteiger partial charge in [0.1, 0.15) is 0 Å². The molecular weight excluding hydrogens is 306 g/mol. The van der Waals surface area contributed by atoms with Crippen molar-refractivity contribution in [1.82, 2.24) is 4.98 Å². The maximum absolute atomic E-state index is 12.8. The molecule has 2 nitrogen and oxygen atoms in total. The highest BCUT2D eigenvalue weighted by atomic mass is 33.1. The zero-order chi connectivity index (χ0) is 13.5. The lowest BCUT2D eigenvalue weighted by Gasteiger charge is -2.08. The summed E-state index contributed by atoms with van der Waals surface area (Å²) >= 11 is 1.70. The van der Waals surface area contributed by atoms with Gasteiger partial charge in [-0.25, -0.2) is 0 Å². The first-order chi connectivity index (χ1) is 9.84. The third-order valence-corrected chi connectivity index (χ3v) is 7.54. The van der Waals surface area contributed by atoms with Crippen molar-refractivity contribution in [2.24, 2.45) is 0 Å². The van der Waals surface area contributed by atoms with Crippen LogP contribution in [-0.4, -0.2) is 4.98 Å². The van der Waals surface area contributed by atoms with E-state index >= 15 is 0 Å². The smallest absolute Gasteiger partial charge is 0.193 e. The molecule has 3 heterocycles. The average Bonchev–Trinajstić information content (AvgIpc) is 2.92. The van der Waals surface area contributed by atoms with E-state index in [-0.39, 0.29) is 10.7 Å². The van der Waals surface area contributed by atoms with Gasteiger partial charge in [-0.1, -0.05) is 29.0 Å². The van der Waals surface area contributed by atoms with Gasteiger partial charge in [0.05, 0.1) is 15.2 Å². The van der Waals surface area contributed by atoms with Crippen molar-refractivity contribution >= 4 is 43.0 Å². The largest absolute Gasteiger partial charge is 0.289 e. The molecule has 0 fully saturated rings. The van der Waals surface area contributed by atoms with Gasteiger partial charge in [-0.05, 0) is 35.1 Å². The summed E-state index contributed by atoms with van der Waals surface area (Å²) in [5.41, 5.74) is 2.02. The van der Waals surface area contributed by atoms with Crippen LogP contribution in [0.2, 0.25) is 0 Å². The molecule has 0 saturated carbocycles. The fourth-order valence-corrected chi connectivity index (χ4v) is 6.89. The van der Waals surface area contributed by atoms with Crippen molar-refractivity contribution in [3.8, 4) is 0 Å². The molecule has 0 saturated heterocycles. The Bertz CT molecular complexity index is 845. The Kier molecular flexibility index (Phi) is 3.06. The monoisotopic (exact) mass is 315 g/mol. The molecule has 1 unspecified atom stereocenters. The molecule has 1 atom stereocenters.